The maximum atomic E-state index is 10.6. The van der Waals surface area contributed by atoms with Gasteiger partial charge >= 0.3 is 0 Å². The predicted octanol–water partition coefficient (Wildman–Crippen LogP) is 2.00. The molecule has 2 unspecified atom stereocenters. The summed E-state index contributed by atoms with van der Waals surface area (Å²) in [6, 6.07) is 2.84. The highest BCUT2D eigenvalue weighted by molar-refractivity contribution is 7.08. The largest absolute Gasteiger partial charge is 0.383 e. The van der Waals surface area contributed by atoms with Gasteiger partial charge in [-0.05, 0) is 68.0 Å². The lowest BCUT2D eigenvalue weighted by atomic mass is 10.00. The highest BCUT2D eigenvalue weighted by atomic mass is 32.1. The number of thiophene rings is 1. The number of rotatable bonds is 7. The maximum Gasteiger partial charge on any atom is 0.191 e. The Morgan fingerprint density at radius 2 is 2.25 bits per heavy atom. The molecule has 0 aromatic carbocycles. The van der Waals surface area contributed by atoms with Crippen LogP contribution in [0, 0.1) is 5.92 Å². The number of hydrogen-bond acceptors (Lipinski definition) is 4. The fraction of sp³-hybridized carbons (Fsp3) is 0.722. The van der Waals surface area contributed by atoms with Crippen molar-refractivity contribution in [1.29, 1.82) is 0 Å². The molecule has 1 aliphatic carbocycles. The Balaban J connectivity index is 1.50. The van der Waals surface area contributed by atoms with Gasteiger partial charge in [-0.15, -0.1) is 0 Å². The summed E-state index contributed by atoms with van der Waals surface area (Å²) < 4.78 is 0. The number of guanidine groups is 1. The van der Waals surface area contributed by atoms with E-state index in [0.717, 1.165) is 30.7 Å². The van der Waals surface area contributed by atoms with Crippen LogP contribution in [0.3, 0.4) is 0 Å². The molecule has 5 nitrogen and oxygen atoms in total. The number of aliphatic imine (C=N–C) groups is 1. The zero-order valence-corrected chi connectivity index (χ0v) is 15.6. The third-order valence-electron chi connectivity index (χ3n) is 4.97. The summed E-state index contributed by atoms with van der Waals surface area (Å²) in [6.45, 7) is 8.49. The summed E-state index contributed by atoms with van der Waals surface area (Å²) in [5.41, 5.74) is 0.0151. The Hall–Kier alpha value is -1.11. The van der Waals surface area contributed by atoms with Crippen molar-refractivity contribution in [3.05, 3.63) is 22.4 Å². The standard InChI is InChI=1S/C18H30N4OS/c1-3-19-17(21-13-18(2,23)15-7-9-24-12-15)20-10-14-6-8-22(11-14)16-4-5-16/h7,9,12,14,16,23H,3-6,8,10-11,13H2,1-2H3,(H2,19,20,21). The summed E-state index contributed by atoms with van der Waals surface area (Å²) in [5, 5.41) is 21.3. The first-order valence-electron chi connectivity index (χ1n) is 9.10. The molecule has 2 aliphatic rings. The Morgan fingerprint density at radius 3 is 2.92 bits per heavy atom. The number of nitrogens with one attached hydrogen (secondary N) is 2. The molecule has 0 amide bonds. The minimum atomic E-state index is -0.918. The molecule has 2 heterocycles. The molecule has 0 bridgehead atoms. The van der Waals surface area contributed by atoms with Crippen molar-refractivity contribution in [2.45, 2.75) is 44.8 Å². The van der Waals surface area contributed by atoms with Crippen molar-refractivity contribution in [1.82, 2.24) is 15.5 Å². The molecule has 1 saturated heterocycles. The van der Waals surface area contributed by atoms with Crippen molar-refractivity contribution in [3.8, 4) is 0 Å². The van der Waals surface area contributed by atoms with Crippen LogP contribution in [0.15, 0.2) is 21.8 Å². The Kier molecular flexibility index (Phi) is 5.79. The topological polar surface area (TPSA) is 59.9 Å². The number of hydrogen-bond donors (Lipinski definition) is 3. The highest BCUT2D eigenvalue weighted by Gasteiger charge is 2.34. The normalized spacial score (nSPS) is 24.8. The fourth-order valence-corrected chi connectivity index (χ4v) is 4.06. The zero-order valence-electron chi connectivity index (χ0n) is 14.8. The van der Waals surface area contributed by atoms with Gasteiger partial charge in [0, 0.05) is 25.7 Å². The molecule has 2 atom stereocenters. The third-order valence-corrected chi connectivity index (χ3v) is 5.65. The van der Waals surface area contributed by atoms with Crippen molar-refractivity contribution in [2.24, 2.45) is 10.9 Å². The lowest BCUT2D eigenvalue weighted by molar-refractivity contribution is 0.0677. The number of aliphatic hydroxyl groups is 1. The minimum Gasteiger partial charge on any atom is -0.383 e. The molecular formula is C18H30N4OS. The van der Waals surface area contributed by atoms with Crippen molar-refractivity contribution < 1.29 is 5.11 Å². The van der Waals surface area contributed by atoms with Crippen LogP contribution >= 0.6 is 11.3 Å². The van der Waals surface area contributed by atoms with Crippen LogP contribution in [-0.2, 0) is 5.60 Å². The Morgan fingerprint density at radius 1 is 1.42 bits per heavy atom. The minimum absolute atomic E-state index is 0.359. The lowest BCUT2D eigenvalue weighted by Gasteiger charge is -2.21. The van der Waals surface area contributed by atoms with Gasteiger partial charge in [0.15, 0.2) is 5.96 Å². The van der Waals surface area contributed by atoms with Gasteiger partial charge in [-0.1, -0.05) is 0 Å². The second kappa shape index (κ2) is 7.85. The van der Waals surface area contributed by atoms with E-state index in [4.69, 9.17) is 0 Å². The van der Waals surface area contributed by atoms with Gasteiger partial charge < -0.3 is 20.6 Å². The van der Waals surface area contributed by atoms with E-state index in [1.165, 1.54) is 32.4 Å². The van der Waals surface area contributed by atoms with Crippen molar-refractivity contribution >= 4 is 17.3 Å². The van der Waals surface area contributed by atoms with E-state index in [1.54, 1.807) is 11.3 Å². The van der Waals surface area contributed by atoms with E-state index in [2.05, 4.69) is 27.4 Å². The average Bonchev–Trinajstić information content (AvgIpc) is 3.07. The quantitative estimate of drug-likeness (QED) is 0.520. The molecule has 1 aromatic rings. The summed E-state index contributed by atoms with van der Waals surface area (Å²) >= 11 is 1.60. The second-order valence-electron chi connectivity index (χ2n) is 7.24. The lowest BCUT2D eigenvalue weighted by Crippen LogP contribution is -2.41. The first-order valence-corrected chi connectivity index (χ1v) is 10.0. The highest BCUT2D eigenvalue weighted by Crippen LogP contribution is 2.31. The molecule has 3 N–H and O–H groups in total. The summed E-state index contributed by atoms with van der Waals surface area (Å²) in [4.78, 5) is 7.24. The van der Waals surface area contributed by atoms with Crippen molar-refractivity contribution in [2.75, 3.05) is 32.7 Å². The average molecular weight is 351 g/mol. The predicted molar refractivity (Wildman–Crippen MR) is 101 cm³/mol. The number of likely N-dealkylation sites (tertiary alicyclic amines) is 1. The van der Waals surface area contributed by atoms with Crippen LogP contribution in [0.25, 0.3) is 0 Å². The molecule has 6 heteroatoms. The van der Waals surface area contributed by atoms with Crippen molar-refractivity contribution in [3.63, 3.8) is 0 Å². The van der Waals surface area contributed by atoms with Crippen LogP contribution < -0.4 is 10.6 Å². The van der Waals surface area contributed by atoms with E-state index in [9.17, 15) is 5.11 Å². The van der Waals surface area contributed by atoms with Crippen LogP contribution in [-0.4, -0.2) is 54.7 Å². The molecule has 1 saturated carbocycles. The van der Waals surface area contributed by atoms with Crippen LogP contribution in [0.1, 0.15) is 38.7 Å². The molecular weight excluding hydrogens is 320 g/mol. The zero-order chi connectivity index (χ0) is 17.0. The van der Waals surface area contributed by atoms with Gasteiger partial charge in [-0.25, -0.2) is 4.99 Å². The first kappa shape index (κ1) is 17.7. The number of nitrogens with zero attached hydrogens (tertiary/aromatic N) is 2. The molecule has 2 fully saturated rings. The van der Waals surface area contributed by atoms with Gasteiger partial charge in [0.05, 0.1) is 6.54 Å². The molecule has 24 heavy (non-hydrogen) atoms. The molecule has 3 rings (SSSR count). The Bertz CT molecular complexity index is 539. The molecule has 0 spiro atoms. The monoisotopic (exact) mass is 350 g/mol. The van der Waals surface area contributed by atoms with E-state index >= 15 is 0 Å². The van der Waals surface area contributed by atoms with Gasteiger partial charge in [0.2, 0.25) is 0 Å². The van der Waals surface area contributed by atoms with Gasteiger partial charge in [-0.3, -0.25) is 0 Å². The SMILES string of the molecule is CCNC(=NCC(C)(O)c1ccsc1)NCC1CCN(C2CC2)C1. The third kappa shape index (κ3) is 4.71. The van der Waals surface area contributed by atoms with Crippen LogP contribution in [0.4, 0.5) is 0 Å². The van der Waals surface area contributed by atoms with Gasteiger partial charge in [0.25, 0.3) is 0 Å². The summed E-state index contributed by atoms with van der Waals surface area (Å²) in [7, 11) is 0. The smallest absolute Gasteiger partial charge is 0.191 e. The molecule has 134 valence electrons. The second-order valence-corrected chi connectivity index (χ2v) is 8.02. The Labute approximate surface area is 149 Å². The van der Waals surface area contributed by atoms with Gasteiger partial charge in [-0.2, -0.15) is 11.3 Å². The summed E-state index contributed by atoms with van der Waals surface area (Å²) in [6.07, 6.45) is 4.05. The maximum absolute atomic E-state index is 10.6. The van der Waals surface area contributed by atoms with Crippen LogP contribution in [0.5, 0.6) is 0 Å². The first-order chi connectivity index (χ1) is 11.6. The molecule has 1 aliphatic heterocycles. The van der Waals surface area contributed by atoms with Crippen LogP contribution in [0.2, 0.25) is 0 Å². The molecule has 0 radical (unpaired) electrons. The summed E-state index contributed by atoms with van der Waals surface area (Å²) in [5.74, 6) is 1.50. The fourth-order valence-electron chi connectivity index (χ4n) is 3.28. The van der Waals surface area contributed by atoms with E-state index in [0.29, 0.717) is 12.5 Å². The molecule has 1 aromatic heterocycles. The van der Waals surface area contributed by atoms with Gasteiger partial charge in [0.1, 0.15) is 5.60 Å². The van der Waals surface area contributed by atoms with E-state index < -0.39 is 5.60 Å². The van der Waals surface area contributed by atoms with E-state index in [1.807, 2.05) is 23.8 Å². The van der Waals surface area contributed by atoms with E-state index in [-0.39, 0.29) is 0 Å².